The van der Waals surface area contributed by atoms with Gasteiger partial charge in [0.15, 0.2) is 0 Å². The maximum Gasteiger partial charge on any atom is 0.0645 e. The summed E-state index contributed by atoms with van der Waals surface area (Å²) in [6.45, 7) is 2.59. The molecule has 3 heteroatoms. The van der Waals surface area contributed by atoms with Crippen molar-refractivity contribution in [3.05, 3.63) is 53.9 Å². The summed E-state index contributed by atoms with van der Waals surface area (Å²) in [5.74, 6) is 0. The highest BCUT2D eigenvalue weighted by atomic mass is 15.3. The fourth-order valence-corrected chi connectivity index (χ4v) is 1.48. The normalized spacial score (nSPS) is 11.8. The Morgan fingerprint density at radius 2 is 2.12 bits per heavy atom. The van der Waals surface area contributed by atoms with E-state index >= 15 is 0 Å². The lowest BCUT2D eigenvalue weighted by molar-refractivity contribution is 0.880. The molecule has 1 aromatic carbocycles. The highest BCUT2D eigenvalue weighted by Crippen LogP contribution is 2.10. The van der Waals surface area contributed by atoms with E-state index in [9.17, 15) is 0 Å². The second-order valence-corrected chi connectivity index (χ2v) is 3.75. The van der Waals surface area contributed by atoms with E-state index in [1.54, 1.807) is 0 Å². The van der Waals surface area contributed by atoms with E-state index in [2.05, 4.69) is 5.10 Å². The molecule has 1 aromatic heterocycles. The Hall–Kier alpha value is -1.87. The van der Waals surface area contributed by atoms with Gasteiger partial charge in [-0.15, -0.1) is 0 Å². The molecule has 0 saturated heterocycles. The number of hydrogen-bond acceptors (Lipinski definition) is 2. The van der Waals surface area contributed by atoms with Crippen LogP contribution in [0.4, 0.5) is 0 Å². The first-order chi connectivity index (χ1) is 7.79. The van der Waals surface area contributed by atoms with E-state index < -0.39 is 0 Å². The number of nitrogens with two attached hydrogens (primary N) is 1. The smallest absolute Gasteiger partial charge is 0.0645 e. The van der Waals surface area contributed by atoms with Crippen molar-refractivity contribution < 1.29 is 0 Å². The van der Waals surface area contributed by atoms with Gasteiger partial charge in [0.1, 0.15) is 0 Å². The summed E-state index contributed by atoms with van der Waals surface area (Å²) in [6.07, 6.45) is 5.88. The number of aromatic nitrogens is 2. The number of benzene rings is 1. The van der Waals surface area contributed by atoms with Gasteiger partial charge in [-0.2, -0.15) is 5.10 Å². The Balaban J connectivity index is 2.27. The molecular formula is C13H15N3. The van der Waals surface area contributed by atoms with Gasteiger partial charge in [-0.05, 0) is 19.1 Å². The van der Waals surface area contributed by atoms with Gasteiger partial charge in [-0.25, -0.2) is 4.68 Å². The highest BCUT2D eigenvalue weighted by molar-refractivity contribution is 5.51. The van der Waals surface area contributed by atoms with Crippen LogP contribution < -0.4 is 5.73 Å². The number of rotatable bonds is 3. The van der Waals surface area contributed by atoms with Crippen molar-refractivity contribution in [3.63, 3.8) is 0 Å². The third kappa shape index (κ3) is 2.38. The van der Waals surface area contributed by atoms with Gasteiger partial charge in [-0.1, -0.05) is 29.8 Å². The first kappa shape index (κ1) is 10.6. The first-order valence-electron chi connectivity index (χ1n) is 5.27. The van der Waals surface area contributed by atoms with Gasteiger partial charge in [0, 0.05) is 18.3 Å². The molecule has 0 aliphatic heterocycles. The Morgan fingerprint density at radius 3 is 2.81 bits per heavy atom. The molecule has 0 atom stereocenters. The minimum Gasteiger partial charge on any atom is -0.327 e. The van der Waals surface area contributed by atoms with Crippen LogP contribution in [0, 0.1) is 0 Å². The van der Waals surface area contributed by atoms with E-state index in [-0.39, 0.29) is 0 Å². The van der Waals surface area contributed by atoms with Crippen LogP contribution in [0.1, 0.15) is 12.5 Å². The van der Waals surface area contributed by atoms with Gasteiger partial charge in [0.25, 0.3) is 0 Å². The van der Waals surface area contributed by atoms with Crippen molar-refractivity contribution in [2.45, 2.75) is 6.92 Å². The Kier molecular flexibility index (Phi) is 3.17. The van der Waals surface area contributed by atoms with E-state index in [0.717, 1.165) is 16.8 Å². The third-order valence-corrected chi connectivity index (χ3v) is 2.36. The van der Waals surface area contributed by atoms with Crippen molar-refractivity contribution >= 4 is 6.08 Å². The monoisotopic (exact) mass is 213 g/mol. The van der Waals surface area contributed by atoms with Crippen LogP contribution in [0.5, 0.6) is 0 Å². The Labute approximate surface area is 95.2 Å². The van der Waals surface area contributed by atoms with E-state index in [1.807, 2.05) is 60.4 Å². The predicted octanol–water partition coefficient (Wildman–Crippen LogP) is 2.23. The van der Waals surface area contributed by atoms with E-state index in [0.29, 0.717) is 6.54 Å². The number of para-hydroxylation sites is 1. The van der Waals surface area contributed by atoms with Gasteiger partial charge in [-0.3, -0.25) is 0 Å². The SMILES string of the molecule is CC(=Cc1cnn(-c2ccccc2)c1)CN. The topological polar surface area (TPSA) is 43.8 Å². The molecule has 0 bridgehead atoms. The zero-order valence-corrected chi connectivity index (χ0v) is 9.30. The van der Waals surface area contributed by atoms with Crippen LogP contribution in [0.3, 0.4) is 0 Å². The average Bonchev–Trinajstić information content (AvgIpc) is 2.78. The van der Waals surface area contributed by atoms with Crippen LogP contribution in [0.2, 0.25) is 0 Å². The summed E-state index contributed by atoms with van der Waals surface area (Å²) in [6, 6.07) is 10.0. The van der Waals surface area contributed by atoms with Crippen LogP contribution in [0.25, 0.3) is 11.8 Å². The summed E-state index contributed by atoms with van der Waals surface area (Å²) in [5.41, 5.74) is 8.83. The summed E-state index contributed by atoms with van der Waals surface area (Å²) < 4.78 is 1.86. The van der Waals surface area contributed by atoms with Gasteiger partial charge in [0.05, 0.1) is 11.9 Å². The van der Waals surface area contributed by atoms with Crippen molar-refractivity contribution in [2.24, 2.45) is 5.73 Å². The minimum atomic E-state index is 0.580. The summed E-state index contributed by atoms with van der Waals surface area (Å²) in [4.78, 5) is 0. The lowest BCUT2D eigenvalue weighted by atomic mass is 10.2. The van der Waals surface area contributed by atoms with Crippen LogP contribution >= 0.6 is 0 Å². The summed E-state index contributed by atoms with van der Waals surface area (Å²) in [5, 5.41) is 4.31. The highest BCUT2D eigenvalue weighted by Gasteiger charge is 1.98. The van der Waals surface area contributed by atoms with Crippen molar-refractivity contribution in [2.75, 3.05) is 6.54 Å². The molecule has 3 nitrogen and oxygen atoms in total. The fraction of sp³-hybridized carbons (Fsp3) is 0.154. The predicted molar refractivity (Wildman–Crippen MR) is 66.3 cm³/mol. The summed E-state index contributed by atoms with van der Waals surface area (Å²) >= 11 is 0. The largest absolute Gasteiger partial charge is 0.327 e. The molecule has 0 aliphatic carbocycles. The van der Waals surface area contributed by atoms with Gasteiger partial charge in [0.2, 0.25) is 0 Å². The molecule has 2 aromatic rings. The third-order valence-electron chi connectivity index (χ3n) is 2.36. The zero-order valence-electron chi connectivity index (χ0n) is 9.30. The molecule has 1 heterocycles. The lowest BCUT2D eigenvalue weighted by Gasteiger charge is -1.98. The molecule has 0 radical (unpaired) electrons. The Morgan fingerprint density at radius 1 is 1.38 bits per heavy atom. The molecule has 82 valence electrons. The van der Waals surface area contributed by atoms with E-state index in [4.69, 9.17) is 5.73 Å². The standard InChI is InChI=1S/C13H15N3/c1-11(8-14)7-12-9-15-16(10-12)13-5-3-2-4-6-13/h2-7,9-10H,8,14H2,1H3. The molecule has 2 rings (SSSR count). The molecule has 2 N–H and O–H groups in total. The van der Waals surface area contributed by atoms with Crippen LogP contribution in [0.15, 0.2) is 48.3 Å². The molecule has 0 amide bonds. The number of hydrogen-bond donors (Lipinski definition) is 1. The minimum absolute atomic E-state index is 0.580. The fourth-order valence-electron chi connectivity index (χ4n) is 1.48. The quantitative estimate of drug-likeness (QED) is 0.849. The van der Waals surface area contributed by atoms with Crippen molar-refractivity contribution in [1.29, 1.82) is 0 Å². The maximum absolute atomic E-state index is 5.54. The molecule has 16 heavy (non-hydrogen) atoms. The first-order valence-corrected chi connectivity index (χ1v) is 5.27. The van der Waals surface area contributed by atoms with Gasteiger partial charge < -0.3 is 5.73 Å². The van der Waals surface area contributed by atoms with Crippen molar-refractivity contribution in [3.8, 4) is 5.69 Å². The molecule has 0 spiro atoms. The lowest BCUT2D eigenvalue weighted by Crippen LogP contribution is -1.98. The van der Waals surface area contributed by atoms with Crippen LogP contribution in [-0.2, 0) is 0 Å². The van der Waals surface area contributed by atoms with Crippen LogP contribution in [-0.4, -0.2) is 16.3 Å². The van der Waals surface area contributed by atoms with Crippen molar-refractivity contribution in [1.82, 2.24) is 9.78 Å². The van der Waals surface area contributed by atoms with Gasteiger partial charge >= 0.3 is 0 Å². The molecule has 0 aliphatic rings. The number of nitrogens with zero attached hydrogens (tertiary/aromatic N) is 2. The van der Waals surface area contributed by atoms with E-state index in [1.165, 1.54) is 0 Å². The molecule has 0 fully saturated rings. The maximum atomic E-state index is 5.54. The summed E-state index contributed by atoms with van der Waals surface area (Å²) in [7, 11) is 0. The second-order valence-electron chi connectivity index (χ2n) is 3.75. The average molecular weight is 213 g/mol. The Bertz CT molecular complexity index is 483. The zero-order chi connectivity index (χ0) is 11.4. The second kappa shape index (κ2) is 4.77. The molecule has 0 unspecified atom stereocenters. The molecule has 0 saturated carbocycles. The molecular weight excluding hydrogens is 198 g/mol.